The summed E-state index contributed by atoms with van der Waals surface area (Å²) in [4.78, 5) is 12.3. The maximum absolute atomic E-state index is 12.3. The van der Waals surface area contributed by atoms with E-state index in [1.54, 1.807) is 0 Å². The Morgan fingerprint density at radius 1 is 1.12 bits per heavy atom. The summed E-state index contributed by atoms with van der Waals surface area (Å²) in [6.07, 6.45) is 4.96. The number of aryl methyl sites for hydroxylation is 1. The molecule has 1 N–H and O–H groups in total. The lowest BCUT2D eigenvalue weighted by molar-refractivity contribution is -0.116. The van der Waals surface area contributed by atoms with E-state index in [1.807, 2.05) is 22.9 Å². The van der Waals surface area contributed by atoms with Crippen LogP contribution in [0.2, 0.25) is 0 Å². The van der Waals surface area contributed by atoms with Crippen molar-refractivity contribution in [1.82, 2.24) is 9.78 Å². The van der Waals surface area contributed by atoms with Gasteiger partial charge in [0.1, 0.15) is 5.82 Å². The predicted octanol–water partition coefficient (Wildman–Crippen LogP) is 5.39. The molecule has 0 saturated carbocycles. The van der Waals surface area contributed by atoms with E-state index in [1.165, 1.54) is 18.4 Å². The predicted molar refractivity (Wildman–Crippen MR) is 104 cm³/mol. The van der Waals surface area contributed by atoms with Crippen molar-refractivity contribution in [2.75, 3.05) is 5.32 Å². The topological polar surface area (TPSA) is 46.9 Å². The summed E-state index contributed by atoms with van der Waals surface area (Å²) in [5.74, 6) is 0.805. The normalized spacial score (nSPS) is 11.6. The lowest BCUT2D eigenvalue weighted by Gasteiger charge is -2.14. The van der Waals surface area contributed by atoms with Crippen LogP contribution in [0.3, 0.4) is 0 Å². The van der Waals surface area contributed by atoms with Crippen LogP contribution >= 0.6 is 0 Å². The highest BCUT2D eigenvalue weighted by Gasteiger charge is 2.21. The molecular formula is C21H31N3O. The maximum atomic E-state index is 12.3. The number of aromatic nitrogens is 2. The van der Waals surface area contributed by atoms with Crippen molar-refractivity contribution < 1.29 is 4.79 Å². The van der Waals surface area contributed by atoms with Gasteiger partial charge < -0.3 is 5.32 Å². The molecule has 4 nitrogen and oxygen atoms in total. The quantitative estimate of drug-likeness (QED) is 0.687. The Bertz CT molecular complexity index is 693. The van der Waals surface area contributed by atoms with Crippen LogP contribution in [0.25, 0.3) is 5.69 Å². The first-order valence-electron chi connectivity index (χ1n) is 9.28. The number of hydrogen-bond donors (Lipinski definition) is 1. The summed E-state index contributed by atoms with van der Waals surface area (Å²) < 4.78 is 1.84. The van der Waals surface area contributed by atoms with Gasteiger partial charge in [-0.05, 0) is 25.5 Å². The Morgan fingerprint density at radius 2 is 1.80 bits per heavy atom. The highest BCUT2D eigenvalue weighted by molar-refractivity contribution is 5.90. The molecule has 0 aliphatic heterocycles. The van der Waals surface area contributed by atoms with Crippen molar-refractivity contribution in [1.29, 1.82) is 0 Å². The van der Waals surface area contributed by atoms with Gasteiger partial charge in [-0.25, -0.2) is 4.68 Å². The van der Waals surface area contributed by atoms with Gasteiger partial charge in [-0.1, -0.05) is 64.7 Å². The molecule has 0 atom stereocenters. The van der Waals surface area contributed by atoms with Crippen LogP contribution in [-0.2, 0) is 10.2 Å². The van der Waals surface area contributed by atoms with Gasteiger partial charge in [0.2, 0.25) is 5.91 Å². The lowest BCUT2D eigenvalue weighted by Crippen LogP contribution is -2.14. The van der Waals surface area contributed by atoms with Crippen molar-refractivity contribution in [3.63, 3.8) is 0 Å². The molecule has 136 valence electrons. The molecule has 0 aliphatic rings. The Balaban J connectivity index is 2.21. The SMILES string of the molecule is CCCCCCC(=O)Nc1cc(C(C)(C)C)nn1-c1ccc(C)cc1. The molecule has 0 unspecified atom stereocenters. The molecule has 0 aliphatic carbocycles. The Hall–Kier alpha value is -2.10. The van der Waals surface area contributed by atoms with Crippen LogP contribution < -0.4 is 5.32 Å². The third-order valence-corrected chi connectivity index (χ3v) is 4.28. The fraction of sp³-hybridized carbons (Fsp3) is 0.524. The van der Waals surface area contributed by atoms with Crippen molar-refractivity contribution in [2.24, 2.45) is 0 Å². The maximum Gasteiger partial charge on any atom is 0.225 e. The summed E-state index contributed by atoms with van der Waals surface area (Å²) in [5, 5.41) is 7.80. The zero-order valence-electron chi connectivity index (χ0n) is 16.2. The molecule has 1 amide bonds. The van der Waals surface area contributed by atoms with Crippen LogP contribution in [-0.4, -0.2) is 15.7 Å². The summed E-state index contributed by atoms with van der Waals surface area (Å²) >= 11 is 0. The number of unbranched alkanes of at least 4 members (excludes halogenated alkanes) is 3. The van der Waals surface area contributed by atoms with E-state index >= 15 is 0 Å². The largest absolute Gasteiger partial charge is 0.311 e. The van der Waals surface area contributed by atoms with Crippen LogP contribution in [0, 0.1) is 6.92 Å². The van der Waals surface area contributed by atoms with Crippen LogP contribution in [0.4, 0.5) is 5.82 Å². The summed E-state index contributed by atoms with van der Waals surface area (Å²) in [6, 6.07) is 10.2. The van der Waals surface area contributed by atoms with E-state index in [2.05, 4.69) is 52.1 Å². The van der Waals surface area contributed by atoms with Crippen molar-refractivity contribution in [3.05, 3.63) is 41.6 Å². The van der Waals surface area contributed by atoms with E-state index in [9.17, 15) is 4.79 Å². The first-order chi connectivity index (χ1) is 11.8. The second-order valence-electron chi connectivity index (χ2n) is 7.77. The van der Waals surface area contributed by atoms with E-state index in [0.29, 0.717) is 6.42 Å². The average Bonchev–Trinajstić information content (AvgIpc) is 2.96. The highest BCUT2D eigenvalue weighted by atomic mass is 16.1. The molecule has 2 aromatic rings. The van der Waals surface area contributed by atoms with Gasteiger partial charge in [0.25, 0.3) is 0 Å². The molecule has 1 aromatic heterocycles. The van der Waals surface area contributed by atoms with Gasteiger partial charge in [0.05, 0.1) is 11.4 Å². The van der Waals surface area contributed by atoms with Crippen molar-refractivity contribution in [3.8, 4) is 5.69 Å². The minimum Gasteiger partial charge on any atom is -0.311 e. The number of nitrogens with one attached hydrogen (secondary N) is 1. The monoisotopic (exact) mass is 341 g/mol. The van der Waals surface area contributed by atoms with Crippen molar-refractivity contribution in [2.45, 2.75) is 72.1 Å². The average molecular weight is 341 g/mol. The molecule has 0 fully saturated rings. The second-order valence-corrected chi connectivity index (χ2v) is 7.77. The third kappa shape index (κ3) is 5.45. The van der Waals surface area contributed by atoms with Crippen LogP contribution in [0.1, 0.15) is 71.1 Å². The summed E-state index contributed by atoms with van der Waals surface area (Å²) in [6.45, 7) is 10.6. The number of benzene rings is 1. The molecule has 1 aromatic carbocycles. The van der Waals surface area contributed by atoms with Gasteiger partial charge in [0, 0.05) is 17.9 Å². The highest BCUT2D eigenvalue weighted by Crippen LogP contribution is 2.26. The van der Waals surface area contributed by atoms with Gasteiger partial charge in [0.15, 0.2) is 0 Å². The van der Waals surface area contributed by atoms with Crippen LogP contribution in [0.5, 0.6) is 0 Å². The first-order valence-corrected chi connectivity index (χ1v) is 9.28. The zero-order chi connectivity index (χ0) is 18.4. The number of rotatable bonds is 7. The fourth-order valence-electron chi connectivity index (χ4n) is 2.64. The summed E-state index contributed by atoms with van der Waals surface area (Å²) in [5.41, 5.74) is 3.06. The molecule has 1 heterocycles. The van der Waals surface area contributed by atoms with E-state index in [0.717, 1.165) is 30.0 Å². The molecule has 0 saturated heterocycles. The van der Waals surface area contributed by atoms with Gasteiger partial charge in [-0.15, -0.1) is 0 Å². The molecule has 0 bridgehead atoms. The molecule has 0 radical (unpaired) electrons. The van der Waals surface area contributed by atoms with Crippen LogP contribution in [0.15, 0.2) is 30.3 Å². The number of amides is 1. The van der Waals surface area contributed by atoms with E-state index < -0.39 is 0 Å². The number of anilines is 1. The third-order valence-electron chi connectivity index (χ3n) is 4.28. The number of hydrogen-bond acceptors (Lipinski definition) is 2. The van der Waals surface area contributed by atoms with Crippen molar-refractivity contribution >= 4 is 11.7 Å². The number of carbonyl (C=O) groups excluding carboxylic acids is 1. The Labute approximate surface area is 151 Å². The molecule has 4 heteroatoms. The fourth-order valence-corrected chi connectivity index (χ4v) is 2.64. The van der Waals surface area contributed by atoms with E-state index in [4.69, 9.17) is 5.10 Å². The van der Waals surface area contributed by atoms with Gasteiger partial charge in [-0.2, -0.15) is 5.10 Å². The van der Waals surface area contributed by atoms with E-state index in [-0.39, 0.29) is 11.3 Å². The standard InChI is InChI=1S/C21H31N3O/c1-6-7-8-9-10-20(25)22-19-15-18(21(3,4)5)23-24(19)17-13-11-16(2)12-14-17/h11-15H,6-10H2,1-5H3,(H,22,25). The molecule has 0 spiro atoms. The summed E-state index contributed by atoms with van der Waals surface area (Å²) in [7, 11) is 0. The smallest absolute Gasteiger partial charge is 0.225 e. The Kier molecular flexibility index (Phi) is 6.40. The number of carbonyl (C=O) groups is 1. The zero-order valence-corrected chi connectivity index (χ0v) is 16.2. The first kappa shape index (κ1) is 19.2. The lowest BCUT2D eigenvalue weighted by atomic mass is 9.92. The molecule has 25 heavy (non-hydrogen) atoms. The Morgan fingerprint density at radius 3 is 2.40 bits per heavy atom. The minimum absolute atomic E-state index is 0.0600. The molecular weight excluding hydrogens is 310 g/mol. The minimum atomic E-state index is -0.0729. The molecule has 2 rings (SSSR count). The van der Waals surface area contributed by atoms with Gasteiger partial charge in [-0.3, -0.25) is 4.79 Å². The number of nitrogens with zero attached hydrogens (tertiary/aromatic N) is 2. The second kappa shape index (κ2) is 8.32. The van der Waals surface area contributed by atoms with Gasteiger partial charge >= 0.3 is 0 Å².